The highest BCUT2D eigenvalue weighted by Gasteiger charge is 2.35. The average Bonchev–Trinajstić information content (AvgIpc) is 2.90. The van der Waals surface area contributed by atoms with Crippen LogP contribution in [0.1, 0.15) is 30.6 Å². The van der Waals surface area contributed by atoms with Gasteiger partial charge < -0.3 is 10.2 Å². The highest BCUT2D eigenvalue weighted by Crippen LogP contribution is 2.33. The number of rotatable bonds is 5. The maximum absolute atomic E-state index is 3.63. The lowest BCUT2D eigenvalue weighted by atomic mass is 9.96. The molecule has 0 bridgehead atoms. The topological polar surface area (TPSA) is 15.3 Å². The van der Waals surface area contributed by atoms with E-state index in [-0.39, 0.29) is 0 Å². The van der Waals surface area contributed by atoms with E-state index in [0.29, 0.717) is 5.54 Å². The van der Waals surface area contributed by atoms with Crippen molar-refractivity contribution in [2.45, 2.75) is 37.8 Å². The summed E-state index contributed by atoms with van der Waals surface area (Å²) in [6.45, 7) is 2.08. The largest absolute Gasteiger partial charge is 0.310 e. The summed E-state index contributed by atoms with van der Waals surface area (Å²) < 4.78 is 1.24. The normalized spacial score (nSPS) is 19.1. The zero-order chi connectivity index (χ0) is 12.3. The Labute approximate surface area is 117 Å². The molecule has 1 saturated carbocycles. The molecule has 1 aromatic rings. The van der Waals surface area contributed by atoms with E-state index in [4.69, 9.17) is 0 Å². The van der Waals surface area contributed by atoms with Crippen LogP contribution in [0.5, 0.6) is 0 Å². The van der Waals surface area contributed by atoms with Gasteiger partial charge in [0.05, 0.1) is 0 Å². The van der Waals surface area contributed by atoms with Crippen molar-refractivity contribution in [2.24, 2.45) is 0 Å². The molecule has 4 heteroatoms. The van der Waals surface area contributed by atoms with Crippen LogP contribution < -0.4 is 5.32 Å². The van der Waals surface area contributed by atoms with Gasteiger partial charge in [-0.2, -0.15) is 0 Å². The fourth-order valence-corrected chi connectivity index (χ4v) is 4.14. The molecule has 0 radical (unpaired) electrons. The second-order valence-corrected chi connectivity index (χ2v) is 6.98. The molecule has 0 amide bonds. The van der Waals surface area contributed by atoms with Crippen LogP contribution in [0.15, 0.2) is 15.9 Å². The van der Waals surface area contributed by atoms with Crippen molar-refractivity contribution in [3.63, 3.8) is 0 Å². The molecule has 1 fully saturated rings. The van der Waals surface area contributed by atoms with E-state index in [0.717, 1.165) is 13.1 Å². The van der Waals surface area contributed by atoms with E-state index < -0.39 is 0 Å². The summed E-state index contributed by atoms with van der Waals surface area (Å²) in [7, 11) is 4.43. The first-order valence-corrected chi connectivity index (χ1v) is 7.91. The Bertz CT molecular complexity index is 356. The zero-order valence-electron chi connectivity index (χ0n) is 10.6. The van der Waals surface area contributed by atoms with E-state index >= 15 is 0 Å². The van der Waals surface area contributed by atoms with Crippen LogP contribution in [-0.4, -0.2) is 31.1 Å². The van der Waals surface area contributed by atoms with Crippen LogP contribution in [-0.2, 0) is 6.54 Å². The van der Waals surface area contributed by atoms with E-state index in [1.54, 1.807) is 0 Å². The summed E-state index contributed by atoms with van der Waals surface area (Å²) >= 11 is 5.40. The van der Waals surface area contributed by atoms with Crippen molar-refractivity contribution < 1.29 is 0 Å². The molecule has 2 nitrogen and oxygen atoms in total. The Kier molecular flexibility index (Phi) is 4.64. The Morgan fingerprint density at radius 3 is 2.65 bits per heavy atom. The van der Waals surface area contributed by atoms with E-state index in [9.17, 15) is 0 Å². The minimum absolute atomic E-state index is 0.393. The maximum Gasteiger partial charge on any atom is 0.0328 e. The number of halogens is 1. The molecule has 96 valence electrons. The van der Waals surface area contributed by atoms with Gasteiger partial charge in [-0.3, -0.25) is 0 Å². The van der Waals surface area contributed by atoms with Crippen LogP contribution in [0, 0.1) is 0 Å². The molecule has 1 aromatic heterocycles. The predicted octanol–water partition coefficient (Wildman–Crippen LogP) is 3.47. The van der Waals surface area contributed by atoms with Crippen LogP contribution in [0.4, 0.5) is 0 Å². The summed E-state index contributed by atoms with van der Waals surface area (Å²) in [5, 5.41) is 5.77. The fraction of sp³-hybridized carbons (Fsp3) is 0.692. The number of thiophene rings is 1. The molecule has 2 rings (SSSR count). The third kappa shape index (κ3) is 3.11. The fourth-order valence-electron chi connectivity index (χ4n) is 2.68. The third-order valence-electron chi connectivity index (χ3n) is 3.91. The van der Waals surface area contributed by atoms with Gasteiger partial charge in [-0.15, -0.1) is 11.3 Å². The molecule has 0 spiro atoms. The number of hydrogen-bond donors (Lipinski definition) is 1. The summed E-state index contributed by atoms with van der Waals surface area (Å²) in [6.07, 6.45) is 5.42. The molecule has 1 heterocycles. The lowest BCUT2D eigenvalue weighted by molar-refractivity contribution is 0.154. The smallest absolute Gasteiger partial charge is 0.0328 e. The molecule has 1 N–H and O–H groups in total. The monoisotopic (exact) mass is 316 g/mol. The molecule has 0 unspecified atom stereocenters. The van der Waals surface area contributed by atoms with Crippen molar-refractivity contribution in [1.82, 2.24) is 10.2 Å². The first kappa shape index (κ1) is 13.5. The van der Waals surface area contributed by atoms with Gasteiger partial charge >= 0.3 is 0 Å². The second-order valence-electron chi connectivity index (χ2n) is 5.12. The number of nitrogens with one attached hydrogen (secondary N) is 1. The Balaban J connectivity index is 1.86. The minimum atomic E-state index is 0.393. The number of likely N-dealkylation sites (N-methyl/N-ethyl adjacent to an activating group) is 1. The van der Waals surface area contributed by atoms with E-state index in [1.165, 1.54) is 35.0 Å². The molecule has 1 aliphatic rings. The average molecular weight is 317 g/mol. The molecule has 1 aliphatic carbocycles. The van der Waals surface area contributed by atoms with Gasteiger partial charge in [-0.1, -0.05) is 12.8 Å². The first-order chi connectivity index (χ1) is 8.14. The van der Waals surface area contributed by atoms with Gasteiger partial charge in [-0.25, -0.2) is 0 Å². The molecule has 17 heavy (non-hydrogen) atoms. The number of hydrogen-bond acceptors (Lipinski definition) is 3. The highest BCUT2D eigenvalue weighted by molar-refractivity contribution is 9.10. The summed E-state index contributed by atoms with van der Waals surface area (Å²) in [5.74, 6) is 0. The van der Waals surface area contributed by atoms with Crippen molar-refractivity contribution >= 4 is 27.3 Å². The van der Waals surface area contributed by atoms with Gasteiger partial charge in [0, 0.05) is 28.0 Å². The Morgan fingerprint density at radius 2 is 2.12 bits per heavy atom. The van der Waals surface area contributed by atoms with Crippen molar-refractivity contribution in [2.75, 3.05) is 20.6 Å². The first-order valence-electron chi connectivity index (χ1n) is 6.24. The SMILES string of the molecule is CN(C)C1(CNCc2sccc2Br)CCCC1. The lowest BCUT2D eigenvalue weighted by Gasteiger charge is -2.36. The van der Waals surface area contributed by atoms with Crippen LogP contribution in [0.2, 0.25) is 0 Å². The Morgan fingerprint density at radius 1 is 1.41 bits per heavy atom. The molecule has 0 aliphatic heterocycles. The quantitative estimate of drug-likeness (QED) is 0.894. The lowest BCUT2D eigenvalue weighted by Crippen LogP contribution is -2.49. The molecule has 0 saturated heterocycles. The van der Waals surface area contributed by atoms with Crippen molar-refractivity contribution in [3.05, 3.63) is 20.8 Å². The van der Waals surface area contributed by atoms with Crippen molar-refractivity contribution in [3.8, 4) is 0 Å². The maximum atomic E-state index is 3.63. The number of nitrogens with zero attached hydrogens (tertiary/aromatic N) is 1. The molecule has 0 atom stereocenters. The van der Waals surface area contributed by atoms with Crippen molar-refractivity contribution in [1.29, 1.82) is 0 Å². The summed E-state index contributed by atoms with van der Waals surface area (Å²) in [4.78, 5) is 3.81. The zero-order valence-corrected chi connectivity index (χ0v) is 13.0. The van der Waals surface area contributed by atoms with Gasteiger partial charge in [-0.05, 0) is 54.3 Å². The van der Waals surface area contributed by atoms with Gasteiger partial charge in [0.15, 0.2) is 0 Å². The summed E-state index contributed by atoms with van der Waals surface area (Å²) in [5.41, 5.74) is 0.393. The van der Waals surface area contributed by atoms with E-state index in [2.05, 4.69) is 51.7 Å². The van der Waals surface area contributed by atoms with E-state index in [1.807, 2.05) is 11.3 Å². The highest BCUT2D eigenvalue weighted by atomic mass is 79.9. The van der Waals surface area contributed by atoms with Gasteiger partial charge in [0.2, 0.25) is 0 Å². The standard InChI is InChI=1S/C13H21BrN2S/c1-16(2)13(6-3-4-7-13)10-15-9-12-11(14)5-8-17-12/h5,8,15H,3-4,6-7,9-10H2,1-2H3. The molecular weight excluding hydrogens is 296 g/mol. The van der Waals surface area contributed by atoms with Crippen LogP contribution >= 0.6 is 27.3 Å². The second kappa shape index (κ2) is 5.83. The molecular formula is C13H21BrN2S. The molecule has 0 aromatic carbocycles. The predicted molar refractivity (Wildman–Crippen MR) is 78.6 cm³/mol. The van der Waals surface area contributed by atoms with Gasteiger partial charge in [0.25, 0.3) is 0 Å². The minimum Gasteiger partial charge on any atom is -0.310 e. The van der Waals surface area contributed by atoms with Crippen LogP contribution in [0.25, 0.3) is 0 Å². The van der Waals surface area contributed by atoms with Crippen LogP contribution in [0.3, 0.4) is 0 Å². The third-order valence-corrected chi connectivity index (χ3v) is 5.84. The summed E-state index contributed by atoms with van der Waals surface area (Å²) in [6, 6.07) is 2.12. The Hall–Kier alpha value is 0.100. The van der Waals surface area contributed by atoms with Gasteiger partial charge in [0.1, 0.15) is 0 Å².